The van der Waals surface area contributed by atoms with Crippen LogP contribution in [0.15, 0.2) is 29.2 Å². The molecule has 1 aromatic carbocycles. The molecule has 0 saturated heterocycles. The molecule has 0 amide bonds. The lowest BCUT2D eigenvalue weighted by Gasteiger charge is -2.06. The highest BCUT2D eigenvalue weighted by Crippen LogP contribution is 2.41. The van der Waals surface area contributed by atoms with E-state index in [1.165, 1.54) is 12.1 Å². The zero-order valence-electron chi connectivity index (χ0n) is 10.4. The molecule has 0 aliphatic heterocycles. The summed E-state index contributed by atoms with van der Waals surface area (Å²) < 4.78 is 24.0. The van der Waals surface area contributed by atoms with Gasteiger partial charge in [0, 0.05) is 5.92 Å². The van der Waals surface area contributed by atoms with Crippen LogP contribution in [0.25, 0.3) is 5.69 Å². The minimum absolute atomic E-state index is 0.0369. The second kappa shape index (κ2) is 4.40. The van der Waals surface area contributed by atoms with Gasteiger partial charge in [-0.2, -0.15) is 5.26 Å². The van der Waals surface area contributed by atoms with Gasteiger partial charge in [-0.1, -0.05) is 5.21 Å². The fourth-order valence-corrected chi connectivity index (χ4v) is 2.58. The molecule has 0 radical (unpaired) electrons. The summed E-state index contributed by atoms with van der Waals surface area (Å²) in [6.07, 6.45) is 2.02. The zero-order valence-corrected chi connectivity index (χ0v) is 11.2. The van der Waals surface area contributed by atoms with Crippen molar-refractivity contribution in [3.63, 3.8) is 0 Å². The first-order valence-corrected chi connectivity index (χ1v) is 7.54. The van der Waals surface area contributed by atoms with Crippen LogP contribution in [0.4, 0.5) is 0 Å². The van der Waals surface area contributed by atoms with Gasteiger partial charge in [-0.25, -0.2) is 18.2 Å². The number of nitriles is 1. The average molecular weight is 289 g/mol. The molecule has 20 heavy (non-hydrogen) atoms. The molecule has 0 spiro atoms. The smallest absolute Gasteiger partial charge is 0.225 e. The van der Waals surface area contributed by atoms with Gasteiger partial charge in [0.1, 0.15) is 6.07 Å². The largest absolute Gasteiger partial charge is 0.238 e. The van der Waals surface area contributed by atoms with Crippen molar-refractivity contribution in [2.24, 2.45) is 5.14 Å². The number of primary sulfonamides is 1. The van der Waals surface area contributed by atoms with Crippen LogP contribution in [0.1, 0.15) is 30.1 Å². The summed E-state index contributed by atoms with van der Waals surface area (Å²) in [6.45, 7) is 0. The number of hydrogen-bond acceptors (Lipinski definition) is 5. The van der Waals surface area contributed by atoms with E-state index in [0.717, 1.165) is 18.5 Å². The molecule has 102 valence electrons. The van der Waals surface area contributed by atoms with E-state index in [1.54, 1.807) is 16.8 Å². The molecule has 3 rings (SSSR count). The lowest BCUT2D eigenvalue weighted by molar-refractivity contribution is 0.597. The molecular formula is C12H11N5O2S. The topological polar surface area (TPSA) is 115 Å². The molecule has 0 unspecified atom stereocenters. The Hall–Kier alpha value is -2.24. The van der Waals surface area contributed by atoms with E-state index in [1.807, 2.05) is 6.07 Å². The third kappa shape index (κ3) is 2.17. The summed E-state index contributed by atoms with van der Waals surface area (Å²) in [5.74, 6) is 0.303. The zero-order chi connectivity index (χ0) is 14.3. The second-order valence-corrected chi connectivity index (χ2v) is 6.22. The van der Waals surface area contributed by atoms with Gasteiger partial charge < -0.3 is 0 Å². The van der Waals surface area contributed by atoms with Crippen molar-refractivity contribution in [2.45, 2.75) is 23.7 Å². The third-order valence-electron chi connectivity index (χ3n) is 3.18. The molecular weight excluding hydrogens is 278 g/mol. The van der Waals surface area contributed by atoms with Crippen molar-refractivity contribution in [3.05, 3.63) is 35.7 Å². The lowest BCUT2D eigenvalue weighted by Crippen LogP contribution is -2.12. The van der Waals surface area contributed by atoms with Gasteiger partial charge in [-0.3, -0.25) is 0 Å². The van der Waals surface area contributed by atoms with Gasteiger partial charge in [0.25, 0.3) is 0 Å². The molecule has 8 heteroatoms. The minimum atomic E-state index is -3.71. The first kappa shape index (κ1) is 12.8. The average Bonchev–Trinajstić information content (AvgIpc) is 3.17. The Labute approximate surface area is 115 Å². The van der Waals surface area contributed by atoms with E-state index in [9.17, 15) is 8.42 Å². The van der Waals surface area contributed by atoms with Crippen LogP contribution in [0.5, 0.6) is 0 Å². The van der Waals surface area contributed by atoms with Gasteiger partial charge in [0.05, 0.1) is 16.3 Å². The highest BCUT2D eigenvalue weighted by Gasteiger charge is 2.31. The molecule has 1 heterocycles. The molecule has 1 aliphatic carbocycles. The Balaban J connectivity index is 2.06. The normalized spacial score (nSPS) is 15.0. The fraction of sp³-hybridized carbons (Fsp3) is 0.250. The second-order valence-electron chi connectivity index (χ2n) is 4.66. The maximum Gasteiger partial charge on any atom is 0.238 e. The van der Waals surface area contributed by atoms with Crippen molar-refractivity contribution in [2.75, 3.05) is 0 Å². The van der Waals surface area contributed by atoms with Crippen molar-refractivity contribution >= 4 is 10.0 Å². The number of aromatic nitrogens is 3. The summed E-state index contributed by atoms with van der Waals surface area (Å²) in [5.41, 5.74) is 1.77. The van der Waals surface area contributed by atoms with Crippen LogP contribution in [-0.4, -0.2) is 23.4 Å². The number of nitrogens with two attached hydrogens (primary N) is 1. The SMILES string of the molecule is N#Cc1nnn(-c2ccc(S(N)(=O)=O)cc2)c1C1CC1. The fourth-order valence-electron chi connectivity index (χ4n) is 2.06. The van der Waals surface area contributed by atoms with Gasteiger partial charge in [0.15, 0.2) is 5.69 Å². The number of benzene rings is 1. The van der Waals surface area contributed by atoms with Crippen LogP contribution in [0, 0.1) is 11.3 Å². The highest BCUT2D eigenvalue weighted by atomic mass is 32.2. The monoisotopic (exact) mass is 289 g/mol. The number of sulfonamides is 1. The van der Waals surface area contributed by atoms with Crippen LogP contribution in [0.3, 0.4) is 0 Å². The van der Waals surface area contributed by atoms with Crippen molar-refractivity contribution in [1.82, 2.24) is 15.0 Å². The maximum absolute atomic E-state index is 11.2. The van der Waals surface area contributed by atoms with Crippen molar-refractivity contribution < 1.29 is 8.42 Å². The quantitative estimate of drug-likeness (QED) is 0.891. The number of hydrogen-bond donors (Lipinski definition) is 1. The van der Waals surface area contributed by atoms with Crippen molar-refractivity contribution in [3.8, 4) is 11.8 Å². The van der Waals surface area contributed by atoms with E-state index in [0.29, 0.717) is 17.3 Å². The predicted molar refractivity (Wildman–Crippen MR) is 69.4 cm³/mol. The van der Waals surface area contributed by atoms with E-state index in [-0.39, 0.29) is 4.90 Å². The standard InChI is InChI=1S/C12H11N5O2S/c13-7-11-12(8-1-2-8)17(16-15-11)9-3-5-10(6-4-9)20(14,18)19/h3-6,8H,1-2H2,(H2,14,18,19). The molecule has 0 bridgehead atoms. The van der Waals surface area contributed by atoms with Crippen molar-refractivity contribution in [1.29, 1.82) is 5.26 Å². The Morgan fingerprint density at radius 3 is 2.45 bits per heavy atom. The predicted octanol–water partition coefficient (Wildman–Crippen LogP) is 0.664. The summed E-state index contributed by atoms with van der Waals surface area (Å²) >= 11 is 0. The van der Waals surface area contributed by atoms with E-state index >= 15 is 0 Å². The van der Waals surface area contributed by atoms with Crippen LogP contribution >= 0.6 is 0 Å². The number of rotatable bonds is 3. The molecule has 0 atom stereocenters. The van der Waals surface area contributed by atoms with E-state index in [4.69, 9.17) is 10.4 Å². The minimum Gasteiger partial charge on any atom is -0.225 e. The van der Waals surface area contributed by atoms with Crippen LogP contribution in [-0.2, 0) is 10.0 Å². The summed E-state index contributed by atoms with van der Waals surface area (Å²) in [6, 6.07) is 8.05. The molecule has 1 aliphatic rings. The van der Waals surface area contributed by atoms with Crippen LogP contribution < -0.4 is 5.14 Å². The van der Waals surface area contributed by atoms with E-state index < -0.39 is 10.0 Å². The Morgan fingerprint density at radius 2 is 1.95 bits per heavy atom. The lowest BCUT2D eigenvalue weighted by atomic mass is 10.2. The van der Waals surface area contributed by atoms with Gasteiger partial charge in [-0.05, 0) is 37.1 Å². The Bertz CT molecular complexity index is 797. The summed E-state index contributed by atoms with van der Waals surface area (Å²) in [4.78, 5) is 0.0369. The highest BCUT2D eigenvalue weighted by molar-refractivity contribution is 7.89. The number of nitrogens with zero attached hydrogens (tertiary/aromatic N) is 4. The molecule has 7 nitrogen and oxygen atoms in total. The molecule has 1 fully saturated rings. The molecule has 1 saturated carbocycles. The Morgan fingerprint density at radius 1 is 1.30 bits per heavy atom. The summed E-state index contributed by atoms with van der Waals surface area (Å²) in [7, 11) is -3.71. The Kier molecular flexibility index (Phi) is 2.81. The summed E-state index contributed by atoms with van der Waals surface area (Å²) in [5, 5.41) is 21.9. The van der Waals surface area contributed by atoms with Gasteiger partial charge in [0.2, 0.25) is 10.0 Å². The first-order chi connectivity index (χ1) is 9.50. The molecule has 1 aromatic heterocycles. The molecule has 2 N–H and O–H groups in total. The third-order valence-corrected chi connectivity index (χ3v) is 4.11. The van der Waals surface area contributed by atoms with Crippen LogP contribution in [0.2, 0.25) is 0 Å². The van der Waals surface area contributed by atoms with E-state index in [2.05, 4.69) is 10.3 Å². The first-order valence-electron chi connectivity index (χ1n) is 5.99. The van der Waals surface area contributed by atoms with Gasteiger partial charge >= 0.3 is 0 Å². The van der Waals surface area contributed by atoms with Gasteiger partial charge in [-0.15, -0.1) is 5.10 Å². The molecule has 2 aromatic rings. The maximum atomic E-state index is 11.2.